The average Bonchev–Trinajstić information content (AvgIpc) is 1.69. The summed E-state index contributed by atoms with van der Waals surface area (Å²) in [5.41, 5.74) is 11.3. The molecule has 18 heterocycles. The zero-order chi connectivity index (χ0) is 90.4. The molecular weight excluding hydrogens is 1570 g/mol. The van der Waals surface area contributed by atoms with Crippen molar-refractivity contribution in [2.24, 2.45) is 11.3 Å². The Bertz CT molecular complexity index is 4590. The number of methoxy groups -OCH3 is 1. The molecule has 0 N–H and O–H groups in total. The largest absolute Gasteiger partial charge is 0.383 e. The van der Waals surface area contributed by atoms with Crippen LogP contribution in [0.15, 0.2) is 43.2 Å². The van der Waals surface area contributed by atoms with Gasteiger partial charge in [-0.1, -0.05) is 152 Å². The van der Waals surface area contributed by atoms with Crippen molar-refractivity contribution in [2.45, 2.75) is 345 Å². The highest BCUT2D eigenvalue weighted by molar-refractivity contribution is 5.22. The number of aromatic nitrogens is 14. The van der Waals surface area contributed by atoms with E-state index in [4.69, 9.17) is 68.3 Å². The second kappa shape index (κ2) is 40.8. The third-order valence-electron chi connectivity index (χ3n) is 26.5. The van der Waals surface area contributed by atoms with Gasteiger partial charge >= 0.3 is 6.15 Å². The molecule has 0 bridgehead atoms. The van der Waals surface area contributed by atoms with Crippen LogP contribution < -0.4 is 0 Å². The topological polar surface area (TPSA) is 228 Å². The van der Waals surface area contributed by atoms with Crippen LogP contribution in [0.5, 0.6) is 0 Å². The summed E-state index contributed by atoms with van der Waals surface area (Å²) in [5, 5.41) is 4.74. The highest BCUT2D eigenvalue weighted by Gasteiger charge is 2.39. The van der Waals surface area contributed by atoms with E-state index in [1.54, 1.807) is 7.11 Å². The Morgan fingerprint density at radius 1 is 0.408 bits per heavy atom. The summed E-state index contributed by atoms with van der Waals surface area (Å²) in [6.07, 6.45) is 20.0. The lowest BCUT2D eigenvalue weighted by atomic mass is 9.88. The minimum absolute atomic E-state index is 0.132. The molecule has 0 radical (unpaired) electrons. The van der Waals surface area contributed by atoms with E-state index in [9.17, 15) is 0 Å². The number of carbonyl (C=O) groups excluding carboxylic acids is 2. The molecule has 1 aliphatic carbocycles. The van der Waals surface area contributed by atoms with Crippen LogP contribution in [-0.4, -0.2) is 264 Å². The lowest BCUT2D eigenvalue weighted by Crippen LogP contribution is -2.51. The van der Waals surface area contributed by atoms with Crippen LogP contribution in [0.25, 0.3) is 0 Å². The molecule has 0 amide bonds. The first-order valence-corrected chi connectivity index (χ1v) is 47.1. The first-order chi connectivity index (χ1) is 58.8. The second-order valence-electron chi connectivity index (χ2n) is 45.2. The monoisotopic (exact) mass is 1730 g/mol. The predicted molar refractivity (Wildman–Crippen MR) is 491 cm³/mol. The van der Waals surface area contributed by atoms with Gasteiger partial charge in [0.1, 0.15) is 34.9 Å². The fourth-order valence-electron chi connectivity index (χ4n) is 17.6. The number of fused-ring (bicyclic) bond motifs is 7. The number of hydrogen-bond acceptors (Lipinski definition) is 21. The molecule has 1 saturated carbocycles. The number of nitrogens with zero attached hydrogens (tertiary/aromatic N) is 21. The first-order valence-electron chi connectivity index (χ1n) is 47.1. The van der Waals surface area contributed by atoms with Crippen LogP contribution in [0.2, 0.25) is 0 Å². The van der Waals surface area contributed by atoms with Crippen molar-refractivity contribution in [1.29, 1.82) is 0 Å². The van der Waals surface area contributed by atoms with E-state index in [0.717, 1.165) is 203 Å². The van der Waals surface area contributed by atoms with Crippen LogP contribution in [0.1, 0.15) is 272 Å². The van der Waals surface area contributed by atoms with Gasteiger partial charge in [0.15, 0.2) is 0 Å². The van der Waals surface area contributed by atoms with E-state index in [-0.39, 0.29) is 44.1 Å². The lowest BCUT2D eigenvalue weighted by molar-refractivity contribution is -0.191. The van der Waals surface area contributed by atoms with Gasteiger partial charge in [0, 0.05) is 230 Å². The van der Waals surface area contributed by atoms with E-state index in [2.05, 4.69) is 276 Å². The minimum Gasteiger partial charge on any atom is -0.383 e. The average molecular weight is 1730 g/mol. The Kier molecular flexibility index (Phi) is 31.8. The fourth-order valence-corrected chi connectivity index (χ4v) is 17.6. The van der Waals surface area contributed by atoms with Crippen LogP contribution in [0, 0.1) is 11.3 Å². The summed E-state index contributed by atoms with van der Waals surface area (Å²) in [6, 6.07) is 4.68. The third kappa shape index (κ3) is 26.6. The molecule has 7 aromatic rings. The predicted octanol–water partition coefficient (Wildman–Crippen LogP) is 12.9. The van der Waals surface area contributed by atoms with Crippen molar-refractivity contribution in [3.63, 3.8) is 0 Å². The van der Waals surface area contributed by atoms with Crippen molar-refractivity contribution < 1.29 is 33.3 Å². The molecule has 2 unspecified atom stereocenters. The van der Waals surface area contributed by atoms with Gasteiger partial charge < -0.3 is 51.1 Å². The maximum atomic E-state index is 8.12. The molecule has 5 fully saturated rings. The second-order valence-corrected chi connectivity index (χ2v) is 45.2. The maximum Gasteiger partial charge on any atom is 0.373 e. The van der Waals surface area contributed by atoms with Gasteiger partial charge in [-0.3, -0.25) is 39.0 Å². The van der Waals surface area contributed by atoms with Gasteiger partial charge in [-0.05, 0) is 58.1 Å². The van der Waals surface area contributed by atoms with Gasteiger partial charge in [-0.2, -0.15) is 14.7 Å². The maximum absolute atomic E-state index is 8.12. The number of imidazole rings is 6. The Hall–Kier alpha value is -6.63. The molecule has 125 heavy (non-hydrogen) atoms. The summed E-state index contributed by atoms with van der Waals surface area (Å²) in [7, 11) is 3.91. The summed E-state index contributed by atoms with van der Waals surface area (Å²) in [4.78, 5) is 62.6. The van der Waals surface area contributed by atoms with E-state index >= 15 is 0 Å². The smallest absolute Gasteiger partial charge is 0.373 e. The van der Waals surface area contributed by atoms with Gasteiger partial charge in [0.25, 0.3) is 0 Å². The van der Waals surface area contributed by atoms with E-state index < -0.39 is 0 Å². The molecular formula is C97H161N21O7. The Morgan fingerprint density at radius 3 is 1.17 bits per heavy atom. The first kappa shape index (κ1) is 97.4. The van der Waals surface area contributed by atoms with Crippen molar-refractivity contribution in [3.05, 3.63) is 124 Å². The number of hydrogen-bond donors (Lipinski definition) is 0. The van der Waals surface area contributed by atoms with Gasteiger partial charge in [-0.15, -0.1) is 0 Å². The summed E-state index contributed by atoms with van der Waals surface area (Å²) in [5.74, 6) is 8.29. The number of rotatable bonds is 10. The van der Waals surface area contributed by atoms with Crippen molar-refractivity contribution in [2.75, 3.05) is 133 Å². The van der Waals surface area contributed by atoms with Crippen LogP contribution in [-0.2, 0) is 163 Å². The molecule has 28 heteroatoms. The van der Waals surface area contributed by atoms with E-state index in [1.165, 1.54) is 126 Å². The molecule has 2 atom stereocenters. The van der Waals surface area contributed by atoms with E-state index in [0.29, 0.717) is 29.6 Å². The summed E-state index contributed by atoms with van der Waals surface area (Å²) >= 11 is 0. The normalized spacial score (nSPS) is 21.3. The summed E-state index contributed by atoms with van der Waals surface area (Å²) in [6.45, 7) is 84.1. The quantitative estimate of drug-likeness (QED) is 0.124. The highest BCUT2D eigenvalue weighted by Crippen LogP contribution is 2.36. The van der Waals surface area contributed by atoms with Crippen molar-refractivity contribution in [3.8, 4) is 0 Å². The van der Waals surface area contributed by atoms with Crippen LogP contribution in [0.4, 0.5) is 0 Å². The Morgan fingerprint density at radius 2 is 0.776 bits per heavy atom. The van der Waals surface area contributed by atoms with Crippen molar-refractivity contribution in [1.82, 2.24) is 101 Å². The molecule has 12 aliphatic rings. The third-order valence-corrected chi connectivity index (χ3v) is 26.5. The molecule has 0 spiro atoms. The minimum atomic E-state index is 0.132. The standard InChI is InChI=1S/2C15H25N3O.C14H23N3O.C14H25N3O.C14H23N3.C13H21N3O.C11H19N3.CO2/c1-15(2,3)13-10-18-7-6-17(11-14(18)16-13)12-4-8-19-9-5-12;1-14(2,3)12-7-18-6-5-17(8-13(18)16-12)9-15(4)10-19-11-15;1-14(2,3)12-8-17-6-5-16(9-13(17)15-12)11-4-7-18-10-11;1-11(10-18-5)16-6-7-17-8-12(14(2,3)4)15-13(17)9-16;1-14(2,3)13-8-12-10-16(9-11-4-5-11)6-7-17(12)15-13;1-13(2,3)11-6-16-5-4-15(7-12(16)14-11)10-8-17-9-10;1-11(2,3)9-7-14-6-5-13(4)8-10(14)12-9;2-1-3/h10,12H,4-9,11H2,1-3H3;7H,5-6,8-11H2,1-4H3;8,11H,4-7,9-10H2,1-3H3;8,11H,6-7,9-10H2,1-5H3;8,11H,4-7,9-10H2,1-3H3;6,10H,4-5,7-9H2,1-3H3;7H,5-6,8H2,1-4H3;. The molecule has 0 aromatic carbocycles. The zero-order valence-electron chi connectivity index (χ0n) is 81.8. The number of likely N-dealkylation sites (N-methyl/N-ethyl adjacent to an activating group) is 1. The van der Waals surface area contributed by atoms with Crippen LogP contribution >= 0.6 is 0 Å². The molecule has 7 aromatic heterocycles. The summed E-state index contributed by atoms with van der Waals surface area (Å²) < 4.78 is 42.9. The molecule has 696 valence electrons. The Labute approximate surface area is 749 Å². The van der Waals surface area contributed by atoms with Gasteiger partial charge in [0.2, 0.25) is 0 Å². The molecule has 11 aliphatic heterocycles. The van der Waals surface area contributed by atoms with Gasteiger partial charge in [-0.25, -0.2) is 29.9 Å². The highest BCUT2D eigenvalue weighted by atomic mass is 16.5. The molecule has 28 nitrogen and oxygen atoms in total. The number of ether oxygens (including phenoxy) is 5. The molecule has 19 rings (SSSR count). The van der Waals surface area contributed by atoms with E-state index in [1.807, 2.05) is 0 Å². The fraction of sp³-hybridized carbons (Fsp3) is 0.773. The molecule has 4 saturated heterocycles. The van der Waals surface area contributed by atoms with Crippen molar-refractivity contribution >= 4 is 6.15 Å². The SMILES string of the molecule is CC(C)(C)c1cc2n(n1)CCN(CC1CC1)C2.CC(C)(C)c1cn2c(n1)CN(C1CCOC1)CC2.CC(C)(C)c1cn2c(n1)CN(C1CCOCC1)CC2.CC(C)(C)c1cn2c(n1)CN(C1COC1)CC2.CC1(CN2CCn3cc(C(C)(C)C)nc3C2)COC1.CN1CCn2cc(C(C)(C)C)nc2C1.COCC(C)N1CCn2cc(C(C)(C)C)nc2C1.O=C=O. The Balaban J connectivity index is 0.000000132. The van der Waals surface area contributed by atoms with Gasteiger partial charge in [0.05, 0.1) is 137 Å². The van der Waals surface area contributed by atoms with Crippen LogP contribution in [0.3, 0.4) is 0 Å². The lowest BCUT2D eigenvalue weighted by Gasteiger charge is -2.42. The zero-order valence-corrected chi connectivity index (χ0v) is 81.8.